The van der Waals surface area contributed by atoms with Crippen molar-refractivity contribution in [3.05, 3.63) is 134 Å². The molecule has 0 spiro atoms. The maximum atomic E-state index is 12.2. The van der Waals surface area contributed by atoms with Crippen LogP contribution in [-0.4, -0.2) is 36.4 Å². The van der Waals surface area contributed by atoms with Crippen molar-refractivity contribution in [3.8, 4) is 0 Å². The predicted octanol–water partition coefficient (Wildman–Crippen LogP) is 16.5. The number of carbonyl (C=O) groups is 2. The van der Waals surface area contributed by atoms with Crippen LogP contribution in [0.5, 0.6) is 0 Å². The predicted molar refractivity (Wildman–Crippen MR) is 269 cm³/mol. The molecule has 0 aliphatic carbocycles. The van der Waals surface area contributed by atoms with Crippen molar-refractivity contribution in [1.29, 1.82) is 0 Å². The fourth-order valence-corrected chi connectivity index (χ4v) is 6.26. The lowest BCUT2D eigenvalue weighted by Gasteiger charge is -2.15. The van der Waals surface area contributed by atoms with Crippen molar-refractivity contribution in [2.24, 2.45) is 0 Å². The minimum absolute atomic E-state index is 0.0765. The van der Waals surface area contributed by atoms with Gasteiger partial charge in [-0.3, -0.25) is 9.59 Å². The van der Waals surface area contributed by atoms with E-state index in [1.165, 1.54) is 51.4 Å². The van der Waals surface area contributed by atoms with E-state index >= 15 is 0 Å². The number of aliphatic hydroxyl groups excluding tert-OH is 1. The molecule has 0 saturated heterocycles. The molecule has 1 N–H and O–H groups in total. The number of carbonyl (C=O) groups excluding carboxylic acids is 2. The Balaban J connectivity index is 3.63. The molecule has 0 aromatic heterocycles. The molecule has 5 heteroatoms. The van der Waals surface area contributed by atoms with Crippen LogP contribution < -0.4 is 0 Å². The second-order valence-corrected chi connectivity index (χ2v) is 15.8. The summed E-state index contributed by atoms with van der Waals surface area (Å²) in [6, 6.07) is 0. The van der Waals surface area contributed by atoms with Crippen molar-refractivity contribution >= 4 is 11.9 Å². The lowest BCUT2D eigenvalue weighted by molar-refractivity contribution is -0.161. The van der Waals surface area contributed by atoms with Gasteiger partial charge >= 0.3 is 11.9 Å². The van der Waals surface area contributed by atoms with E-state index in [9.17, 15) is 14.7 Å². The number of ether oxygens (including phenoxy) is 2. The molecule has 0 radical (unpaired) electrons. The molecule has 1 atom stereocenters. The average molecular weight is 855 g/mol. The van der Waals surface area contributed by atoms with Gasteiger partial charge in [-0.1, -0.05) is 218 Å². The molecule has 5 nitrogen and oxygen atoms in total. The van der Waals surface area contributed by atoms with Crippen LogP contribution in [0.15, 0.2) is 134 Å². The number of unbranched alkanes of at least 4 members (excludes halogenated alkanes) is 13. The van der Waals surface area contributed by atoms with E-state index in [-0.39, 0.29) is 25.2 Å². The van der Waals surface area contributed by atoms with Crippen molar-refractivity contribution in [2.75, 3.05) is 13.2 Å². The number of rotatable bonds is 43. The third kappa shape index (κ3) is 48.7. The second kappa shape index (κ2) is 51.4. The molecule has 0 heterocycles. The number of hydrogen-bond donors (Lipinski definition) is 1. The molecule has 0 rings (SSSR count). The largest absolute Gasteiger partial charge is 0.462 e. The summed E-state index contributed by atoms with van der Waals surface area (Å²) in [7, 11) is 0. The summed E-state index contributed by atoms with van der Waals surface area (Å²) in [5.74, 6) is -0.620. The van der Waals surface area contributed by atoms with E-state index in [1.54, 1.807) is 0 Å². The fraction of sp³-hybridized carbons (Fsp3) is 0.579. The summed E-state index contributed by atoms with van der Waals surface area (Å²) < 4.78 is 10.5. The van der Waals surface area contributed by atoms with Crippen molar-refractivity contribution in [3.63, 3.8) is 0 Å². The zero-order valence-corrected chi connectivity index (χ0v) is 39.6. The molecule has 0 aromatic rings. The molecule has 348 valence electrons. The number of esters is 2. The smallest absolute Gasteiger partial charge is 0.306 e. The van der Waals surface area contributed by atoms with E-state index in [0.717, 1.165) is 116 Å². The van der Waals surface area contributed by atoms with Gasteiger partial charge < -0.3 is 14.6 Å². The zero-order chi connectivity index (χ0) is 44.9. The molecule has 0 saturated carbocycles. The Hall–Kier alpha value is -3.96. The second-order valence-electron chi connectivity index (χ2n) is 15.8. The zero-order valence-electron chi connectivity index (χ0n) is 39.6. The van der Waals surface area contributed by atoms with Gasteiger partial charge in [-0.2, -0.15) is 0 Å². The molecular weight excluding hydrogens is 765 g/mol. The van der Waals surface area contributed by atoms with E-state index in [0.29, 0.717) is 12.8 Å². The Bertz CT molecular complexity index is 1330. The first kappa shape index (κ1) is 58.0. The topological polar surface area (TPSA) is 72.8 Å². The lowest BCUT2D eigenvalue weighted by Crippen LogP contribution is -2.28. The quantitative estimate of drug-likeness (QED) is 0.0376. The summed E-state index contributed by atoms with van der Waals surface area (Å²) >= 11 is 0. The third-order valence-electron chi connectivity index (χ3n) is 9.96. The first-order chi connectivity index (χ1) is 30.6. The maximum absolute atomic E-state index is 12.2. The Morgan fingerprint density at radius 2 is 0.694 bits per heavy atom. The highest BCUT2D eigenvalue weighted by Gasteiger charge is 2.16. The van der Waals surface area contributed by atoms with Gasteiger partial charge in [-0.25, -0.2) is 0 Å². The third-order valence-corrected chi connectivity index (χ3v) is 9.96. The van der Waals surface area contributed by atoms with Crippen LogP contribution in [0.3, 0.4) is 0 Å². The van der Waals surface area contributed by atoms with Gasteiger partial charge in [0.1, 0.15) is 6.61 Å². The Labute approximate surface area is 381 Å². The highest BCUT2D eigenvalue weighted by Crippen LogP contribution is 2.12. The van der Waals surface area contributed by atoms with E-state index in [2.05, 4.69) is 148 Å². The Morgan fingerprint density at radius 1 is 0.387 bits per heavy atom. The van der Waals surface area contributed by atoms with Crippen LogP contribution in [0.25, 0.3) is 0 Å². The van der Waals surface area contributed by atoms with Gasteiger partial charge in [0.25, 0.3) is 0 Å². The molecule has 62 heavy (non-hydrogen) atoms. The van der Waals surface area contributed by atoms with Crippen LogP contribution >= 0.6 is 0 Å². The fourth-order valence-electron chi connectivity index (χ4n) is 6.26. The molecule has 0 fully saturated rings. The van der Waals surface area contributed by atoms with Gasteiger partial charge in [0.05, 0.1) is 6.61 Å². The first-order valence-corrected chi connectivity index (χ1v) is 24.7. The highest BCUT2D eigenvalue weighted by atomic mass is 16.6. The SMILES string of the molecule is CC/C=C\C/C=C\C/C=C\C/C=C\C/C=C\C/C=C\C/C=C\C/C=C\C/C=C\C/C=C\C/C=C\CCCCCCCCCC(=O)OC(CO)COC(=O)CCCCCCCCC. The van der Waals surface area contributed by atoms with E-state index < -0.39 is 6.10 Å². The van der Waals surface area contributed by atoms with Crippen LogP contribution in [0.4, 0.5) is 0 Å². The number of allylic oxidation sites excluding steroid dienone is 22. The molecule has 0 bridgehead atoms. The van der Waals surface area contributed by atoms with Crippen LogP contribution in [0, 0.1) is 0 Å². The molecule has 0 aliphatic heterocycles. The van der Waals surface area contributed by atoms with Gasteiger partial charge in [0, 0.05) is 12.8 Å². The number of hydrogen-bond acceptors (Lipinski definition) is 5. The average Bonchev–Trinajstić information content (AvgIpc) is 3.28. The van der Waals surface area contributed by atoms with Crippen molar-refractivity contribution < 1.29 is 24.2 Å². The minimum atomic E-state index is -0.781. The molecular formula is C57H90O5. The van der Waals surface area contributed by atoms with Gasteiger partial charge in [-0.05, 0) is 96.3 Å². The summed E-state index contributed by atoms with van der Waals surface area (Å²) in [4.78, 5) is 24.1. The number of aliphatic hydroxyl groups is 1. The standard InChI is InChI=1S/C57H90O5/c1-3-5-7-9-11-12-13-14-15-16-17-18-19-20-21-22-23-24-25-26-27-28-29-30-31-32-33-34-35-36-37-38-39-40-41-42-43-44-46-48-50-52-57(60)62-55(53-58)54-61-56(59)51-49-47-45-10-8-6-4-2/h5,7,11-12,14-15,17-18,20-21,23-24,26-27,29-30,32-33,35-36,38-39,55,58H,3-4,6,8-10,13,16,19,22,25,28,31,34,37,40-54H2,1-2H3/b7-5-,12-11-,15-14-,18-17-,21-20-,24-23-,27-26-,30-29-,33-32-,36-35-,39-38-. The lowest BCUT2D eigenvalue weighted by atomic mass is 10.1. The van der Waals surface area contributed by atoms with Crippen LogP contribution in [0.2, 0.25) is 0 Å². The van der Waals surface area contributed by atoms with Gasteiger partial charge in [0.15, 0.2) is 6.10 Å². The monoisotopic (exact) mass is 855 g/mol. The Kier molecular flexibility index (Phi) is 48.1. The summed E-state index contributed by atoms with van der Waals surface area (Å²) in [6.45, 7) is 3.95. The van der Waals surface area contributed by atoms with Crippen LogP contribution in [0.1, 0.15) is 194 Å². The molecule has 0 amide bonds. The maximum Gasteiger partial charge on any atom is 0.306 e. The molecule has 0 aliphatic rings. The van der Waals surface area contributed by atoms with Crippen molar-refractivity contribution in [2.45, 2.75) is 200 Å². The minimum Gasteiger partial charge on any atom is -0.462 e. The highest BCUT2D eigenvalue weighted by molar-refractivity contribution is 5.70. The molecule has 0 aromatic carbocycles. The molecule has 1 unspecified atom stereocenters. The summed E-state index contributed by atoms with van der Waals surface area (Å²) in [5, 5.41) is 9.53. The van der Waals surface area contributed by atoms with Gasteiger partial charge in [-0.15, -0.1) is 0 Å². The van der Waals surface area contributed by atoms with E-state index in [4.69, 9.17) is 9.47 Å². The normalized spacial score (nSPS) is 13.4. The van der Waals surface area contributed by atoms with E-state index in [1.807, 2.05) is 0 Å². The Morgan fingerprint density at radius 3 is 1.05 bits per heavy atom. The van der Waals surface area contributed by atoms with Gasteiger partial charge in [0.2, 0.25) is 0 Å². The summed E-state index contributed by atoms with van der Waals surface area (Å²) in [6.07, 6.45) is 77.1. The van der Waals surface area contributed by atoms with Crippen LogP contribution in [-0.2, 0) is 19.1 Å². The summed E-state index contributed by atoms with van der Waals surface area (Å²) in [5.41, 5.74) is 0. The first-order valence-electron chi connectivity index (χ1n) is 24.7. The van der Waals surface area contributed by atoms with Crippen molar-refractivity contribution in [1.82, 2.24) is 0 Å².